The number of sulfonamides is 1. The third kappa shape index (κ3) is 2.82. The molecule has 0 unspecified atom stereocenters. The quantitative estimate of drug-likeness (QED) is 0.502. The van der Waals surface area contributed by atoms with Gasteiger partial charge in [-0.15, -0.1) is 0 Å². The average molecular weight is 293 g/mol. The van der Waals surface area contributed by atoms with Crippen molar-refractivity contribution in [3.05, 3.63) is 58.6 Å². The number of benzene rings is 2. The summed E-state index contributed by atoms with van der Waals surface area (Å²) in [7, 11) is -3.68. The van der Waals surface area contributed by atoms with Gasteiger partial charge in [0.15, 0.2) is 0 Å². The first-order valence-electron chi connectivity index (χ1n) is 5.51. The highest BCUT2D eigenvalue weighted by Crippen LogP contribution is 2.23. The highest BCUT2D eigenvalue weighted by molar-refractivity contribution is 7.89. The molecular formula is C12H11N3O4S. The highest BCUT2D eigenvalue weighted by atomic mass is 32.2. The van der Waals surface area contributed by atoms with E-state index in [0.29, 0.717) is 0 Å². The molecule has 2 aromatic carbocycles. The van der Waals surface area contributed by atoms with Crippen LogP contribution in [-0.2, 0) is 10.0 Å². The van der Waals surface area contributed by atoms with E-state index in [1.54, 1.807) is 29.1 Å². The minimum Gasteiger partial charge on any atom is -0.258 e. The number of rotatable bonds is 4. The molecule has 0 atom stereocenters. The van der Waals surface area contributed by atoms with Crippen molar-refractivity contribution in [2.75, 3.05) is 0 Å². The molecule has 0 saturated carbocycles. The Bertz CT molecular complexity index is 724. The molecule has 0 spiro atoms. The van der Waals surface area contributed by atoms with E-state index in [9.17, 15) is 18.5 Å². The standard InChI is InChI=1S/C12H11N3O4S/c13-14-20(18,19)12-7-3-10(4-8-12)9-1-5-11(6-2-9)15(16)17/h1-8,14H,13H2. The van der Waals surface area contributed by atoms with E-state index < -0.39 is 14.9 Å². The van der Waals surface area contributed by atoms with Crippen LogP contribution in [0.3, 0.4) is 0 Å². The second-order valence-corrected chi connectivity index (χ2v) is 5.66. The number of non-ortho nitro benzene ring substituents is 1. The monoisotopic (exact) mass is 293 g/mol. The lowest BCUT2D eigenvalue weighted by Gasteiger charge is -2.04. The van der Waals surface area contributed by atoms with Gasteiger partial charge in [0.1, 0.15) is 0 Å². The Balaban J connectivity index is 2.33. The molecule has 7 nitrogen and oxygen atoms in total. The smallest absolute Gasteiger partial charge is 0.258 e. The van der Waals surface area contributed by atoms with Gasteiger partial charge in [-0.25, -0.2) is 8.42 Å². The molecule has 0 aliphatic heterocycles. The summed E-state index contributed by atoms with van der Waals surface area (Å²) in [5.74, 6) is 4.93. The third-order valence-electron chi connectivity index (χ3n) is 2.73. The molecule has 0 bridgehead atoms. The molecule has 104 valence electrons. The van der Waals surface area contributed by atoms with Gasteiger partial charge in [0.05, 0.1) is 9.82 Å². The summed E-state index contributed by atoms with van der Waals surface area (Å²) >= 11 is 0. The molecule has 0 aliphatic carbocycles. The van der Waals surface area contributed by atoms with Crippen molar-refractivity contribution >= 4 is 15.7 Å². The molecule has 0 aliphatic rings. The fourth-order valence-electron chi connectivity index (χ4n) is 1.67. The zero-order valence-corrected chi connectivity index (χ0v) is 11.0. The molecule has 0 saturated heterocycles. The normalized spacial score (nSPS) is 11.2. The SMILES string of the molecule is NNS(=O)(=O)c1ccc(-c2ccc([N+](=O)[O-])cc2)cc1. The van der Waals surface area contributed by atoms with E-state index in [-0.39, 0.29) is 10.6 Å². The Kier molecular flexibility index (Phi) is 3.79. The largest absolute Gasteiger partial charge is 0.269 e. The zero-order chi connectivity index (χ0) is 14.8. The molecule has 2 aromatic rings. The Hall–Kier alpha value is -2.29. The number of nitro groups is 1. The van der Waals surface area contributed by atoms with Gasteiger partial charge in [0.2, 0.25) is 0 Å². The lowest BCUT2D eigenvalue weighted by atomic mass is 10.1. The number of hydrazine groups is 1. The van der Waals surface area contributed by atoms with E-state index >= 15 is 0 Å². The fraction of sp³-hybridized carbons (Fsp3) is 0. The van der Waals surface area contributed by atoms with Crippen LogP contribution in [0, 0.1) is 10.1 Å². The van der Waals surface area contributed by atoms with E-state index in [0.717, 1.165) is 11.1 Å². The summed E-state index contributed by atoms with van der Waals surface area (Å²) in [6, 6.07) is 12.0. The summed E-state index contributed by atoms with van der Waals surface area (Å²) in [5.41, 5.74) is 1.50. The molecule has 0 radical (unpaired) electrons. The van der Waals surface area contributed by atoms with Crippen LogP contribution in [0.4, 0.5) is 5.69 Å². The third-order valence-corrected chi connectivity index (χ3v) is 3.93. The summed E-state index contributed by atoms with van der Waals surface area (Å²) in [5, 5.41) is 10.6. The van der Waals surface area contributed by atoms with Gasteiger partial charge in [-0.3, -0.25) is 16.0 Å². The number of nitro benzene ring substituents is 1. The van der Waals surface area contributed by atoms with Crippen molar-refractivity contribution in [3.63, 3.8) is 0 Å². The first-order chi connectivity index (χ1) is 9.44. The second kappa shape index (κ2) is 5.37. The lowest BCUT2D eigenvalue weighted by Crippen LogP contribution is -2.30. The first-order valence-corrected chi connectivity index (χ1v) is 6.99. The molecule has 20 heavy (non-hydrogen) atoms. The summed E-state index contributed by atoms with van der Waals surface area (Å²) in [6.45, 7) is 0. The van der Waals surface area contributed by atoms with Crippen molar-refractivity contribution in [3.8, 4) is 11.1 Å². The predicted octanol–water partition coefficient (Wildman–Crippen LogP) is 1.41. The first kappa shape index (κ1) is 14.1. The molecule has 0 fully saturated rings. The minimum absolute atomic E-state index is 0.000259. The van der Waals surface area contributed by atoms with Crippen LogP contribution in [0.2, 0.25) is 0 Å². The number of hydrogen-bond acceptors (Lipinski definition) is 5. The highest BCUT2D eigenvalue weighted by Gasteiger charge is 2.11. The lowest BCUT2D eigenvalue weighted by molar-refractivity contribution is -0.384. The predicted molar refractivity (Wildman–Crippen MR) is 73.0 cm³/mol. The van der Waals surface area contributed by atoms with Gasteiger partial charge >= 0.3 is 0 Å². The van der Waals surface area contributed by atoms with E-state index in [2.05, 4.69) is 0 Å². The maximum absolute atomic E-state index is 11.5. The minimum atomic E-state index is -3.68. The molecule has 0 aromatic heterocycles. The van der Waals surface area contributed by atoms with Gasteiger partial charge in [0.25, 0.3) is 15.7 Å². The van der Waals surface area contributed by atoms with Crippen LogP contribution in [0.25, 0.3) is 11.1 Å². The zero-order valence-electron chi connectivity index (χ0n) is 10.2. The van der Waals surface area contributed by atoms with Crippen molar-refractivity contribution in [1.82, 2.24) is 4.83 Å². The Morgan fingerprint density at radius 3 is 1.80 bits per heavy atom. The van der Waals surface area contributed by atoms with Crippen LogP contribution in [0.1, 0.15) is 0 Å². The fourth-order valence-corrected chi connectivity index (χ4v) is 2.30. The van der Waals surface area contributed by atoms with Crippen LogP contribution in [0.15, 0.2) is 53.4 Å². The van der Waals surface area contributed by atoms with Crippen molar-refractivity contribution in [1.29, 1.82) is 0 Å². The summed E-state index contributed by atoms with van der Waals surface area (Å²) < 4.78 is 22.9. The van der Waals surface area contributed by atoms with Gasteiger partial charge in [-0.2, -0.15) is 4.83 Å². The van der Waals surface area contributed by atoms with Crippen LogP contribution >= 0.6 is 0 Å². The number of nitrogens with one attached hydrogen (secondary N) is 1. The Labute approximate surface area is 115 Å². The van der Waals surface area contributed by atoms with Crippen LogP contribution < -0.4 is 10.7 Å². The maximum atomic E-state index is 11.5. The van der Waals surface area contributed by atoms with Gasteiger partial charge in [-0.1, -0.05) is 12.1 Å². The maximum Gasteiger partial charge on any atom is 0.269 e. The van der Waals surface area contributed by atoms with E-state index in [4.69, 9.17) is 5.84 Å². The van der Waals surface area contributed by atoms with Crippen LogP contribution in [0.5, 0.6) is 0 Å². The van der Waals surface area contributed by atoms with Gasteiger partial charge in [0, 0.05) is 12.1 Å². The van der Waals surface area contributed by atoms with Crippen molar-refractivity contribution in [2.24, 2.45) is 5.84 Å². The van der Waals surface area contributed by atoms with E-state index in [1.165, 1.54) is 24.3 Å². The average Bonchev–Trinajstić information content (AvgIpc) is 2.47. The summed E-state index contributed by atoms with van der Waals surface area (Å²) in [6.07, 6.45) is 0. The molecule has 0 heterocycles. The van der Waals surface area contributed by atoms with E-state index in [1.807, 2.05) is 0 Å². The summed E-state index contributed by atoms with van der Waals surface area (Å²) in [4.78, 5) is 11.9. The molecular weight excluding hydrogens is 282 g/mol. The second-order valence-electron chi connectivity index (χ2n) is 3.95. The topological polar surface area (TPSA) is 115 Å². The molecule has 8 heteroatoms. The Morgan fingerprint density at radius 2 is 1.40 bits per heavy atom. The van der Waals surface area contributed by atoms with Crippen molar-refractivity contribution in [2.45, 2.75) is 4.90 Å². The number of nitrogens with two attached hydrogens (primary N) is 1. The van der Waals surface area contributed by atoms with Crippen molar-refractivity contribution < 1.29 is 13.3 Å². The van der Waals surface area contributed by atoms with Gasteiger partial charge in [-0.05, 0) is 35.4 Å². The Morgan fingerprint density at radius 1 is 0.950 bits per heavy atom. The van der Waals surface area contributed by atoms with Crippen LogP contribution in [-0.4, -0.2) is 13.3 Å². The van der Waals surface area contributed by atoms with Gasteiger partial charge < -0.3 is 0 Å². The molecule has 3 N–H and O–H groups in total. The number of nitrogens with zero attached hydrogens (tertiary/aromatic N) is 1. The molecule has 0 amide bonds. The number of hydrogen-bond donors (Lipinski definition) is 2. The molecule has 2 rings (SSSR count).